The molecule has 0 saturated carbocycles. The molecule has 1 fully saturated rings. The maximum Gasteiger partial charge on any atom is 0.252 e. The Morgan fingerprint density at radius 1 is 1.38 bits per heavy atom. The number of hydrogen-bond donors (Lipinski definition) is 0. The zero-order chi connectivity index (χ0) is 11.6. The zero-order valence-corrected chi connectivity index (χ0v) is 10.8. The molecule has 2 rings (SSSR count). The summed E-state index contributed by atoms with van der Waals surface area (Å²) >= 11 is 1.36. The average molecular weight is 261 g/mol. The van der Waals surface area contributed by atoms with Gasteiger partial charge in [0.1, 0.15) is 4.21 Å². The van der Waals surface area contributed by atoms with Gasteiger partial charge < -0.3 is 4.74 Å². The van der Waals surface area contributed by atoms with E-state index in [1.54, 1.807) is 6.07 Å². The number of thiophene rings is 1. The number of ether oxygens (including phenoxy) is 1. The first-order chi connectivity index (χ1) is 7.64. The predicted molar refractivity (Wildman–Crippen MR) is 63.3 cm³/mol. The van der Waals surface area contributed by atoms with E-state index >= 15 is 0 Å². The second kappa shape index (κ2) is 4.83. The topological polar surface area (TPSA) is 46.6 Å². The molecule has 0 unspecified atom stereocenters. The van der Waals surface area contributed by atoms with Crippen LogP contribution in [0.25, 0.3) is 0 Å². The molecule has 0 N–H and O–H groups in total. The quantitative estimate of drug-likeness (QED) is 0.824. The first-order valence-corrected chi connectivity index (χ1v) is 7.57. The molecule has 1 saturated heterocycles. The summed E-state index contributed by atoms with van der Waals surface area (Å²) in [6.07, 6.45) is 0.878. The van der Waals surface area contributed by atoms with Gasteiger partial charge in [0, 0.05) is 18.0 Å². The van der Waals surface area contributed by atoms with Crippen molar-refractivity contribution in [1.82, 2.24) is 4.31 Å². The van der Waals surface area contributed by atoms with Crippen LogP contribution < -0.4 is 0 Å². The molecule has 0 radical (unpaired) electrons. The van der Waals surface area contributed by atoms with Crippen molar-refractivity contribution in [3.8, 4) is 0 Å². The summed E-state index contributed by atoms with van der Waals surface area (Å²) in [4.78, 5) is 1.10. The van der Waals surface area contributed by atoms with E-state index in [1.165, 1.54) is 15.6 Å². The minimum atomic E-state index is -3.28. The molecule has 0 amide bonds. The van der Waals surface area contributed by atoms with Crippen molar-refractivity contribution < 1.29 is 13.2 Å². The zero-order valence-electron chi connectivity index (χ0n) is 9.18. The van der Waals surface area contributed by atoms with Crippen LogP contribution >= 0.6 is 11.3 Å². The molecule has 2 heterocycles. The molecule has 0 bridgehead atoms. The monoisotopic (exact) mass is 261 g/mol. The van der Waals surface area contributed by atoms with Crippen molar-refractivity contribution in [1.29, 1.82) is 0 Å². The van der Waals surface area contributed by atoms with Gasteiger partial charge >= 0.3 is 0 Å². The van der Waals surface area contributed by atoms with E-state index in [2.05, 4.69) is 0 Å². The lowest BCUT2D eigenvalue weighted by molar-refractivity contribution is 0.0731. The summed E-state index contributed by atoms with van der Waals surface area (Å²) in [7, 11) is -3.28. The molecular formula is C10H15NO3S2. The first kappa shape index (κ1) is 12.0. The second-order valence-electron chi connectivity index (χ2n) is 3.59. The van der Waals surface area contributed by atoms with Crippen LogP contribution in [0.3, 0.4) is 0 Å². The van der Waals surface area contributed by atoms with Crippen molar-refractivity contribution in [2.24, 2.45) is 0 Å². The van der Waals surface area contributed by atoms with E-state index in [4.69, 9.17) is 4.74 Å². The number of nitrogens with zero attached hydrogens (tertiary/aromatic N) is 1. The van der Waals surface area contributed by atoms with E-state index in [1.807, 2.05) is 13.0 Å². The van der Waals surface area contributed by atoms with Crippen molar-refractivity contribution in [3.63, 3.8) is 0 Å². The van der Waals surface area contributed by atoms with Crippen LogP contribution in [-0.2, 0) is 21.2 Å². The third kappa shape index (κ3) is 2.29. The summed E-state index contributed by atoms with van der Waals surface area (Å²) < 4.78 is 31.5. The highest BCUT2D eigenvalue weighted by Gasteiger charge is 2.27. The van der Waals surface area contributed by atoms with Crippen molar-refractivity contribution in [2.45, 2.75) is 17.6 Å². The van der Waals surface area contributed by atoms with E-state index in [0.29, 0.717) is 30.5 Å². The van der Waals surface area contributed by atoms with Gasteiger partial charge in [0.2, 0.25) is 0 Å². The lowest BCUT2D eigenvalue weighted by Crippen LogP contribution is -2.40. The van der Waals surface area contributed by atoms with E-state index in [-0.39, 0.29) is 0 Å². The van der Waals surface area contributed by atoms with Gasteiger partial charge in [0.15, 0.2) is 0 Å². The van der Waals surface area contributed by atoms with Gasteiger partial charge in [-0.2, -0.15) is 4.31 Å². The van der Waals surface area contributed by atoms with Crippen molar-refractivity contribution in [2.75, 3.05) is 26.3 Å². The molecule has 90 valence electrons. The largest absolute Gasteiger partial charge is 0.379 e. The van der Waals surface area contributed by atoms with E-state index in [9.17, 15) is 8.42 Å². The summed E-state index contributed by atoms with van der Waals surface area (Å²) in [5.41, 5.74) is 0. The van der Waals surface area contributed by atoms with E-state index < -0.39 is 10.0 Å². The lowest BCUT2D eigenvalue weighted by atomic mass is 10.4. The molecule has 0 atom stereocenters. The molecule has 0 spiro atoms. The Kier molecular flexibility index (Phi) is 3.63. The average Bonchev–Trinajstić information content (AvgIpc) is 2.79. The summed E-state index contributed by atoms with van der Waals surface area (Å²) in [5, 5.41) is 0. The SMILES string of the molecule is CCc1ccc(S(=O)(=O)N2CCOCC2)s1. The van der Waals surface area contributed by atoms with Crippen LogP contribution in [0.5, 0.6) is 0 Å². The second-order valence-corrected chi connectivity index (χ2v) is 6.92. The predicted octanol–water partition coefficient (Wildman–Crippen LogP) is 1.33. The van der Waals surface area contributed by atoms with Gasteiger partial charge in [0.25, 0.3) is 10.0 Å². The highest BCUT2D eigenvalue weighted by Crippen LogP contribution is 2.25. The van der Waals surface area contributed by atoms with Gasteiger partial charge in [0.05, 0.1) is 13.2 Å². The highest BCUT2D eigenvalue weighted by molar-refractivity contribution is 7.91. The Labute approximate surface area is 99.9 Å². The molecule has 16 heavy (non-hydrogen) atoms. The molecule has 1 aromatic heterocycles. The molecule has 1 aliphatic rings. The molecule has 1 aliphatic heterocycles. The van der Waals surface area contributed by atoms with Crippen LogP contribution in [0.2, 0.25) is 0 Å². The van der Waals surface area contributed by atoms with Crippen molar-refractivity contribution in [3.05, 3.63) is 17.0 Å². The van der Waals surface area contributed by atoms with Gasteiger partial charge in [-0.05, 0) is 18.6 Å². The Bertz CT molecular complexity index is 446. The number of sulfonamides is 1. The standard InChI is InChI=1S/C10H15NO3S2/c1-2-9-3-4-10(15-9)16(12,13)11-5-7-14-8-6-11/h3-4H,2,5-8H2,1H3. The summed E-state index contributed by atoms with van der Waals surface area (Å²) in [6.45, 7) is 3.93. The first-order valence-electron chi connectivity index (χ1n) is 5.31. The number of aryl methyl sites for hydroxylation is 1. The molecular weight excluding hydrogens is 246 g/mol. The van der Waals surface area contributed by atoms with Gasteiger partial charge in [-0.15, -0.1) is 11.3 Å². The highest BCUT2D eigenvalue weighted by atomic mass is 32.2. The molecule has 0 aromatic carbocycles. The van der Waals surface area contributed by atoms with Gasteiger partial charge in [-0.1, -0.05) is 6.92 Å². The lowest BCUT2D eigenvalue weighted by Gasteiger charge is -2.25. The third-order valence-electron chi connectivity index (χ3n) is 2.55. The Morgan fingerprint density at radius 2 is 2.06 bits per heavy atom. The van der Waals surface area contributed by atoms with Crippen LogP contribution in [0.4, 0.5) is 0 Å². The van der Waals surface area contributed by atoms with Crippen LogP contribution in [0.1, 0.15) is 11.8 Å². The molecule has 1 aromatic rings. The fourth-order valence-electron chi connectivity index (χ4n) is 1.60. The Morgan fingerprint density at radius 3 is 2.62 bits per heavy atom. The normalized spacial score (nSPS) is 18.8. The smallest absolute Gasteiger partial charge is 0.252 e. The Hall–Kier alpha value is -0.430. The fourth-order valence-corrected chi connectivity index (χ4v) is 4.46. The number of morpholine rings is 1. The number of rotatable bonds is 3. The third-order valence-corrected chi connectivity index (χ3v) is 6.15. The van der Waals surface area contributed by atoms with Crippen molar-refractivity contribution >= 4 is 21.4 Å². The van der Waals surface area contributed by atoms with Crippen LogP contribution in [0.15, 0.2) is 16.3 Å². The van der Waals surface area contributed by atoms with Crippen LogP contribution in [-0.4, -0.2) is 39.0 Å². The Balaban J connectivity index is 2.23. The minimum absolute atomic E-state index is 0.450. The van der Waals surface area contributed by atoms with Gasteiger partial charge in [-0.25, -0.2) is 8.42 Å². The number of hydrogen-bond acceptors (Lipinski definition) is 4. The van der Waals surface area contributed by atoms with Gasteiger partial charge in [-0.3, -0.25) is 0 Å². The summed E-state index contributed by atoms with van der Waals surface area (Å²) in [5.74, 6) is 0. The molecule has 0 aliphatic carbocycles. The fraction of sp³-hybridized carbons (Fsp3) is 0.600. The summed E-state index contributed by atoms with van der Waals surface area (Å²) in [6, 6.07) is 3.59. The van der Waals surface area contributed by atoms with E-state index in [0.717, 1.165) is 11.3 Å². The maximum atomic E-state index is 12.2. The molecule has 4 nitrogen and oxygen atoms in total. The minimum Gasteiger partial charge on any atom is -0.379 e. The molecule has 6 heteroatoms. The maximum absolute atomic E-state index is 12.2. The van der Waals surface area contributed by atoms with Crippen LogP contribution in [0, 0.1) is 0 Å².